The molecule has 63 heavy (non-hydrogen) atoms. The van der Waals surface area contributed by atoms with E-state index in [1.54, 1.807) is 5.06 Å². The van der Waals surface area contributed by atoms with Gasteiger partial charge in [0.05, 0.1) is 0 Å². The Kier molecular flexibility index (Phi) is 50.8. The van der Waals surface area contributed by atoms with Crippen molar-refractivity contribution in [1.29, 1.82) is 0 Å². The summed E-state index contributed by atoms with van der Waals surface area (Å²) in [5.41, 5.74) is 0. The quantitative estimate of drug-likeness (QED) is 0.0374. The van der Waals surface area contributed by atoms with Crippen LogP contribution >= 0.6 is 0 Å². The molecule has 0 aromatic rings. The molecule has 0 spiro atoms. The molecule has 0 saturated heterocycles. The number of hydrogen-bond acceptors (Lipinski definition) is 5. The maximum absolute atomic E-state index is 13.3. The Hall–Kier alpha value is -1.18. The third kappa shape index (κ3) is 44.4. The molecule has 0 fully saturated rings. The molecule has 0 radical (unpaired) electrons. The summed E-state index contributed by atoms with van der Waals surface area (Å²) in [7, 11) is 0. The Balaban J connectivity index is 4.31. The van der Waals surface area contributed by atoms with Crippen molar-refractivity contribution >= 4 is 11.8 Å². The van der Waals surface area contributed by atoms with E-state index >= 15 is 0 Å². The van der Waals surface area contributed by atoms with Crippen molar-refractivity contribution in [2.24, 2.45) is 0 Å². The molecule has 0 heterocycles. The van der Waals surface area contributed by atoms with Gasteiger partial charge in [0, 0.05) is 52.1 Å². The van der Waals surface area contributed by atoms with E-state index in [1.807, 2.05) is 0 Å². The molecule has 0 aliphatic carbocycles. The van der Waals surface area contributed by atoms with E-state index in [0.717, 1.165) is 129 Å². The van der Waals surface area contributed by atoms with Gasteiger partial charge in [-0.15, -0.1) is 4.99 Å². The van der Waals surface area contributed by atoms with E-state index in [9.17, 15) is 14.8 Å². The van der Waals surface area contributed by atoms with Crippen LogP contribution in [-0.4, -0.2) is 71.2 Å². The number of rotatable bonds is 53. The second-order valence-electron chi connectivity index (χ2n) is 19.7. The minimum atomic E-state index is 0.373. The van der Waals surface area contributed by atoms with E-state index in [2.05, 4.69) is 37.5 Å². The molecule has 2 amide bonds. The van der Waals surface area contributed by atoms with E-state index in [0.29, 0.717) is 24.7 Å². The van der Waals surface area contributed by atoms with E-state index in [-0.39, 0.29) is 0 Å². The summed E-state index contributed by atoms with van der Waals surface area (Å²) >= 11 is 0. The van der Waals surface area contributed by atoms with Crippen LogP contribution in [0.15, 0.2) is 0 Å². The zero-order valence-electron chi connectivity index (χ0n) is 43.4. The van der Waals surface area contributed by atoms with E-state index in [4.69, 9.17) is 4.99 Å². The van der Waals surface area contributed by atoms with Crippen LogP contribution < -0.4 is 0 Å². The van der Waals surface area contributed by atoms with Crippen molar-refractivity contribution < 1.29 is 19.8 Å². The summed E-state index contributed by atoms with van der Waals surface area (Å²) in [5.74, 6) is 0.745. The molecule has 7 nitrogen and oxygen atoms in total. The Morgan fingerprint density at radius 2 is 0.476 bits per heavy atom. The number of carbonyl (C=O) groups excluding carboxylic acids is 2. The van der Waals surface area contributed by atoms with Gasteiger partial charge >= 0.3 is 0 Å². The third-order valence-corrected chi connectivity index (χ3v) is 13.5. The van der Waals surface area contributed by atoms with Crippen LogP contribution in [-0.2, 0) is 14.6 Å². The Morgan fingerprint density at radius 1 is 0.286 bits per heavy atom. The molecule has 0 bridgehead atoms. The standard InChI is InChI=1S/C56H113N3O4/c1-5-9-13-17-21-25-33-41-49-57(50-42-34-26-22-18-14-10-6-2)55(60)47-39-31-29-37-45-53-59(63-62)54-46-38-30-32-40-48-56(61)58(51-43-35-27-23-19-15-11-7-3)52-44-36-28-24-20-16-12-8-4/h62H,5-54H2,1-4H3. The van der Waals surface area contributed by atoms with E-state index in [1.165, 1.54) is 180 Å². The minimum absolute atomic E-state index is 0.373. The van der Waals surface area contributed by atoms with Crippen LogP contribution in [0.1, 0.15) is 310 Å². The van der Waals surface area contributed by atoms with Gasteiger partial charge in [0.15, 0.2) is 0 Å². The first kappa shape index (κ1) is 61.8. The fraction of sp³-hybridized carbons (Fsp3) is 0.964. The normalized spacial score (nSPS) is 11.6. The Labute approximate surface area is 394 Å². The van der Waals surface area contributed by atoms with Gasteiger partial charge in [-0.1, -0.05) is 246 Å². The van der Waals surface area contributed by atoms with E-state index < -0.39 is 0 Å². The molecular formula is C56H113N3O4. The number of hydroxylamine groups is 2. The summed E-state index contributed by atoms with van der Waals surface area (Å²) < 4.78 is 0. The lowest BCUT2D eigenvalue weighted by molar-refractivity contribution is -0.396. The van der Waals surface area contributed by atoms with Crippen molar-refractivity contribution in [3.8, 4) is 0 Å². The summed E-state index contributed by atoms with van der Waals surface area (Å²) in [6.45, 7) is 14.4. The summed E-state index contributed by atoms with van der Waals surface area (Å²) in [4.78, 5) is 35.7. The number of unbranched alkanes of at least 4 members (excludes halogenated alkanes) is 36. The van der Waals surface area contributed by atoms with Crippen LogP contribution in [0.4, 0.5) is 0 Å². The van der Waals surface area contributed by atoms with Gasteiger partial charge in [-0.3, -0.25) is 9.59 Å². The topological polar surface area (TPSA) is 73.3 Å². The van der Waals surface area contributed by atoms with Gasteiger partial charge in [-0.2, -0.15) is 5.06 Å². The Bertz CT molecular complexity index is 809. The number of hydrogen-bond donors (Lipinski definition) is 1. The lowest BCUT2D eigenvalue weighted by Crippen LogP contribution is -2.32. The molecule has 0 unspecified atom stereocenters. The first-order chi connectivity index (χ1) is 31.0. The van der Waals surface area contributed by atoms with Gasteiger partial charge in [0.2, 0.25) is 11.8 Å². The number of nitrogens with zero attached hydrogens (tertiary/aromatic N) is 3. The second-order valence-corrected chi connectivity index (χ2v) is 19.7. The maximum Gasteiger partial charge on any atom is 0.222 e. The van der Waals surface area contributed by atoms with Crippen LogP contribution in [0.3, 0.4) is 0 Å². The molecule has 0 aromatic carbocycles. The molecule has 0 aliphatic rings. The third-order valence-electron chi connectivity index (χ3n) is 13.5. The summed E-state index contributed by atoms with van der Waals surface area (Å²) in [6, 6.07) is 0. The predicted molar refractivity (Wildman–Crippen MR) is 274 cm³/mol. The molecule has 0 atom stereocenters. The molecule has 376 valence electrons. The van der Waals surface area contributed by atoms with Crippen LogP contribution in [0.2, 0.25) is 0 Å². The largest absolute Gasteiger partial charge is 0.343 e. The van der Waals surface area contributed by atoms with Crippen molar-refractivity contribution in [3.05, 3.63) is 0 Å². The van der Waals surface area contributed by atoms with Crippen LogP contribution in [0.25, 0.3) is 0 Å². The fourth-order valence-electron chi connectivity index (χ4n) is 9.17. The molecule has 0 saturated carbocycles. The summed E-state index contributed by atoms with van der Waals surface area (Å²) in [5, 5.41) is 11.2. The smallest absolute Gasteiger partial charge is 0.222 e. The predicted octanol–water partition coefficient (Wildman–Crippen LogP) is 17.6. The average Bonchev–Trinajstić information content (AvgIpc) is 3.29. The first-order valence-corrected chi connectivity index (χ1v) is 28.7. The number of carbonyl (C=O) groups is 2. The zero-order valence-corrected chi connectivity index (χ0v) is 43.4. The van der Waals surface area contributed by atoms with Gasteiger partial charge in [0.1, 0.15) is 0 Å². The Morgan fingerprint density at radius 3 is 0.698 bits per heavy atom. The lowest BCUT2D eigenvalue weighted by Gasteiger charge is -2.23. The van der Waals surface area contributed by atoms with Crippen molar-refractivity contribution in [2.75, 3.05) is 39.3 Å². The maximum atomic E-state index is 13.3. The minimum Gasteiger partial charge on any atom is -0.343 e. The van der Waals surface area contributed by atoms with Crippen molar-refractivity contribution in [1.82, 2.24) is 14.9 Å². The van der Waals surface area contributed by atoms with Crippen LogP contribution in [0, 0.1) is 0 Å². The van der Waals surface area contributed by atoms with Gasteiger partial charge < -0.3 is 9.80 Å². The van der Waals surface area contributed by atoms with Crippen molar-refractivity contribution in [3.63, 3.8) is 0 Å². The number of amides is 2. The molecule has 0 aromatic heterocycles. The molecule has 0 rings (SSSR count). The lowest BCUT2D eigenvalue weighted by atomic mass is 10.1. The van der Waals surface area contributed by atoms with Gasteiger partial charge in [0.25, 0.3) is 0 Å². The van der Waals surface area contributed by atoms with Gasteiger partial charge in [-0.25, -0.2) is 5.26 Å². The van der Waals surface area contributed by atoms with Gasteiger partial charge in [-0.05, 0) is 51.4 Å². The van der Waals surface area contributed by atoms with Crippen molar-refractivity contribution in [2.45, 2.75) is 310 Å². The van der Waals surface area contributed by atoms with Crippen LogP contribution in [0.5, 0.6) is 0 Å². The zero-order chi connectivity index (χ0) is 45.9. The molecule has 7 heteroatoms. The molecule has 1 N–H and O–H groups in total. The SMILES string of the molecule is CCCCCCCCCCN(CCCCCCCCCC)C(=O)CCCCCCCN(CCCCCCCC(=O)N(CCCCCCCCCC)CCCCCCCCCC)OO. The first-order valence-electron chi connectivity index (χ1n) is 28.7. The highest BCUT2D eigenvalue weighted by Crippen LogP contribution is 2.17. The monoisotopic (exact) mass is 892 g/mol. The highest BCUT2D eigenvalue weighted by Gasteiger charge is 2.14. The highest BCUT2D eigenvalue weighted by molar-refractivity contribution is 5.76. The second kappa shape index (κ2) is 51.8. The summed E-state index contributed by atoms with van der Waals surface area (Å²) in [6.07, 6.45) is 53.8. The fourth-order valence-corrected chi connectivity index (χ4v) is 9.17. The average molecular weight is 893 g/mol. The molecule has 0 aliphatic heterocycles. The molecular weight excluding hydrogens is 779 g/mol. The highest BCUT2D eigenvalue weighted by atomic mass is 17.2.